The lowest BCUT2D eigenvalue weighted by atomic mass is 10.2. The fraction of sp³-hybridized carbons (Fsp3) is 0.250. The molecule has 0 spiro atoms. The summed E-state index contributed by atoms with van der Waals surface area (Å²) in [5.74, 6) is -0.471. The van der Waals surface area contributed by atoms with Crippen molar-refractivity contribution in [2.75, 3.05) is 11.9 Å². The molecular weight excluding hydrogens is 269 g/mol. The molecule has 1 unspecified atom stereocenters. The maximum absolute atomic E-state index is 13.2. The summed E-state index contributed by atoms with van der Waals surface area (Å²) in [6.07, 6.45) is 1.73. The molecule has 0 aliphatic rings. The maximum atomic E-state index is 13.2. The van der Waals surface area contributed by atoms with Crippen molar-refractivity contribution in [2.24, 2.45) is 0 Å². The molecule has 5 nitrogen and oxygen atoms in total. The van der Waals surface area contributed by atoms with Crippen molar-refractivity contribution in [2.45, 2.75) is 12.8 Å². The molecule has 7 heteroatoms. The summed E-state index contributed by atoms with van der Waals surface area (Å²) in [6, 6.07) is 3.45. The number of halogens is 1. The van der Waals surface area contributed by atoms with Crippen LogP contribution in [0.2, 0.25) is 0 Å². The lowest BCUT2D eigenvalue weighted by Gasteiger charge is -2.11. The SMILES string of the molecule is CC(CNc1cc(F)cc([N+](=O)[O-])c1)c1nccs1. The number of aromatic nitrogens is 1. The largest absolute Gasteiger partial charge is 0.384 e. The highest BCUT2D eigenvalue weighted by atomic mass is 32.1. The zero-order valence-corrected chi connectivity index (χ0v) is 11.0. The monoisotopic (exact) mass is 281 g/mol. The van der Waals surface area contributed by atoms with Crippen LogP contribution in [0.3, 0.4) is 0 Å². The number of benzene rings is 1. The van der Waals surface area contributed by atoms with Crippen LogP contribution in [0.15, 0.2) is 29.8 Å². The summed E-state index contributed by atoms with van der Waals surface area (Å²) in [5.41, 5.74) is 0.138. The molecule has 1 aromatic heterocycles. The van der Waals surface area contributed by atoms with Gasteiger partial charge in [-0.25, -0.2) is 9.37 Å². The van der Waals surface area contributed by atoms with Crippen molar-refractivity contribution < 1.29 is 9.31 Å². The van der Waals surface area contributed by atoms with Crippen molar-refractivity contribution in [3.8, 4) is 0 Å². The van der Waals surface area contributed by atoms with Crippen molar-refractivity contribution in [3.63, 3.8) is 0 Å². The average molecular weight is 281 g/mol. The number of thiazole rings is 1. The molecule has 1 N–H and O–H groups in total. The summed E-state index contributed by atoms with van der Waals surface area (Å²) in [4.78, 5) is 14.2. The van der Waals surface area contributed by atoms with Gasteiger partial charge in [0.05, 0.1) is 16.0 Å². The molecule has 1 aromatic carbocycles. The smallest absolute Gasteiger partial charge is 0.274 e. The molecule has 19 heavy (non-hydrogen) atoms. The van der Waals surface area contributed by atoms with Gasteiger partial charge in [0, 0.05) is 35.8 Å². The van der Waals surface area contributed by atoms with E-state index in [0.717, 1.165) is 11.1 Å². The summed E-state index contributed by atoms with van der Waals surface area (Å²) < 4.78 is 13.2. The van der Waals surface area contributed by atoms with E-state index in [1.807, 2.05) is 12.3 Å². The molecule has 1 atom stereocenters. The maximum Gasteiger partial charge on any atom is 0.274 e. The minimum absolute atomic E-state index is 0.155. The van der Waals surface area contributed by atoms with E-state index in [4.69, 9.17) is 0 Å². The fourth-order valence-corrected chi connectivity index (χ4v) is 2.32. The number of rotatable bonds is 5. The Morgan fingerprint density at radius 2 is 2.32 bits per heavy atom. The first-order valence-electron chi connectivity index (χ1n) is 5.64. The van der Waals surface area contributed by atoms with E-state index in [-0.39, 0.29) is 11.6 Å². The van der Waals surface area contributed by atoms with Gasteiger partial charge >= 0.3 is 0 Å². The van der Waals surface area contributed by atoms with E-state index >= 15 is 0 Å². The fourth-order valence-electron chi connectivity index (χ4n) is 1.62. The normalized spacial score (nSPS) is 12.1. The lowest BCUT2D eigenvalue weighted by molar-refractivity contribution is -0.385. The van der Waals surface area contributed by atoms with E-state index < -0.39 is 10.7 Å². The Hall–Kier alpha value is -2.02. The zero-order chi connectivity index (χ0) is 13.8. The third kappa shape index (κ3) is 3.47. The van der Waals surface area contributed by atoms with Gasteiger partial charge in [-0.1, -0.05) is 6.92 Å². The highest BCUT2D eigenvalue weighted by molar-refractivity contribution is 7.09. The van der Waals surface area contributed by atoms with Crippen molar-refractivity contribution >= 4 is 22.7 Å². The number of anilines is 1. The second-order valence-corrected chi connectivity index (χ2v) is 5.03. The van der Waals surface area contributed by atoms with Gasteiger partial charge in [-0.15, -0.1) is 11.3 Å². The van der Waals surface area contributed by atoms with Crippen LogP contribution in [-0.2, 0) is 0 Å². The van der Waals surface area contributed by atoms with E-state index in [2.05, 4.69) is 10.3 Å². The minimum Gasteiger partial charge on any atom is -0.384 e. The van der Waals surface area contributed by atoms with Crippen LogP contribution in [-0.4, -0.2) is 16.5 Å². The quantitative estimate of drug-likeness (QED) is 0.673. The van der Waals surface area contributed by atoms with Gasteiger partial charge < -0.3 is 5.32 Å². The average Bonchev–Trinajstić information content (AvgIpc) is 2.89. The topological polar surface area (TPSA) is 68.1 Å². The lowest BCUT2D eigenvalue weighted by Crippen LogP contribution is -2.10. The Morgan fingerprint density at radius 3 is 2.95 bits per heavy atom. The summed E-state index contributed by atoms with van der Waals surface area (Å²) in [7, 11) is 0. The number of nitro benzene ring substituents is 1. The predicted molar refractivity (Wildman–Crippen MR) is 72.1 cm³/mol. The molecule has 1 heterocycles. The molecule has 0 saturated heterocycles. The van der Waals surface area contributed by atoms with Gasteiger partial charge in [-0.2, -0.15) is 0 Å². The van der Waals surface area contributed by atoms with E-state index in [0.29, 0.717) is 12.2 Å². The van der Waals surface area contributed by atoms with E-state index in [1.54, 1.807) is 17.5 Å². The highest BCUT2D eigenvalue weighted by Crippen LogP contribution is 2.22. The minimum atomic E-state index is -0.626. The number of non-ortho nitro benzene ring substituents is 1. The zero-order valence-electron chi connectivity index (χ0n) is 10.2. The first-order chi connectivity index (χ1) is 9.06. The summed E-state index contributed by atoms with van der Waals surface area (Å²) in [6.45, 7) is 2.52. The predicted octanol–water partition coefficient (Wildman–Crippen LogP) is 3.41. The number of hydrogen-bond acceptors (Lipinski definition) is 5. The van der Waals surface area contributed by atoms with Crippen LogP contribution < -0.4 is 5.32 Å². The Labute approximate surface area is 113 Å². The molecule has 100 valence electrons. The van der Waals surface area contributed by atoms with Gasteiger partial charge in [0.2, 0.25) is 0 Å². The second kappa shape index (κ2) is 5.75. The number of hydrogen-bond donors (Lipinski definition) is 1. The Morgan fingerprint density at radius 1 is 1.53 bits per heavy atom. The van der Waals surface area contributed by atoms with Gasteiger partial charge in [-0.05, 0) is 6.07 Å². The van der Waals surface area contributed by atoms with E-state index in [9.17, 15) is 14.5 Å². The van der Waals surface area contributed by atoms with Gasteiger partial charge in [0.15, 0.2) is 0 Å². The molecule has 2 aromatic rings. The molecule has 0 aliphatic carbocycles. The second-order valence-electron chi connectivity index (χ2n) is 4.11. The van der Waals surface area contributed by atoms with Crippen LogP contribution in [0.25, 0.3) is 0 Å². The molecule has 2 rings (SSSR count). The molecule has 0 fully saturated rings. The van der Waals surface area contributed by atoms with Crippen molar-refractivity contribution in [1.82, 2.24) is 4.98 Å². The molecular formula is C12H12FN3O2S. The Kier molecular flexibility index (Phi) is 4.06. The number of nitro groups is 1. The van der Waals surface area contributed by atoms with Crippen molar-refractivity contribution in [3.05, 3.63) is 50.7 Å². The molecule has 0 bridgehead atoms. The number of nitrogens with zero attached hydrogens (tertiary/aromatic N) is 2. The van der Waals surface area contributed by atoms with Crippen LogP contribution in [0.1, 0.15) is 17.8 Å². The van der Waals surface area contributed by atoms with Gasteiger partial charge in [0.1, 0.15) is 5.82 Å². The van der Waals surface area contributed by atoms with Crippen LogP contribution in [0, 0.1) is 15.9 Å². The van der Waals surface area contributed by atoms with Gasteiger partial charge in [-0.3, -0.25) is 10.1 Å². The standard InChI is InChI=1S/C12H12FN3O2S/c1-8(12-14-2-3-19-12)7-15-10-4-9(13)5-11(6-10)16(17)18/h2-6,8,15H,7H2,1H3. The van der Waals surface area contributed by atoms with Crippen LogP contribution in [0.4, 0.5) is 15.8 Å². The third-order valence-corrected chi connectivity index (χ3v) is 3.59. The first kappa shape index (κ1) is 13.4. The molecule has 0 aliphatic heterocycles. The van der Waals surface area contributed by atoms with E-state index in [1.165, 1.54) is 12.1 Å². The molecule has 0 saturated carbocycles. The number of nitrogens with one attached hydrogen (secondary N) is 1. The Balaban J connectivity index is 2.05. The molecule has 0 radical (unpaired) electrons. The van der Waals surface area contributed by atoms with Crippen molar-refractivity contribution in [1.29, 1.82) is 0 Å². The summed E-state index contributed by atoms with van der Waals surface area (Å²) in [5, 5.41) is 16.5. The van der Waals surface area contributed by atoms with Crippen LogP contribution >= 0.6 is 11.3 Å². The summed E-state index contributed by atoms with van der Waals surface area (Å²) >= 11 is 1.54. The highest BCUT2D eigenvalue weighted by Gasteiger charge is 2.12. The molecule has 0 amide bonds. The Bertz CT molecular complexity index is 574. The van der Waals surface area contributed by atoms with Gasteiger partial charge in [0.25, 0.3) is 5.69 Å². The van der Waals surface area contributed by atoms with Crippen LogP contribution in [0.5, 0.6) is 0 Å². The first-order valence-corrected chi connectivity index (χ1v) is 6.52. The third-order valence-electron chi connectivity index (χ3n) is 2.58.